The van der Waals surface area contributed by atoms with Crippen molar-refractivity contribution in [3.05, 3.63) is 0 Å². The lowest BCUT2D eigenvalue weighted by atomic mass is 9.97. The maximum Gasteiger partial charge on any atom is 0.227 e. The molecule has 110 valence electrons. The first-order valence-electron chi connectivity index (χ1n) is 6.69. The number of likely N-dealkylation sites (N-methyl/N-ethyl adjacent to an activating group) is 1. The van der Waals surface area contributed by atoms with Crippen molar-refractivity contribution < 1.29 is 17.9 Å². The molecule has 2 heterocycles. The van der Waals surface area contributed by atoms with E-state index in [1.165, 1.54) is 0 Å². The molecule has 0 saturated carbocycles. The lowest BCUT2D eigenvalue weighted by molar-refractivity contribution is -0.127. The molecule has 7 heteroatoms. The molecule has 19 heavy (non-hydrogen) atoms. The second kappa shape index (κ2) is 5.38. The van der Waals surface area contributed by atoms with Gasteiger partial charge in [0.2, 0.25) is 5.91 Å². The van der Waals surface area contributed by atoms with Gasteiger partial charge in [-0.05, 0) is 19.9 Å². The molecule has 2 fully saturated rings. The second-order valence-corrected chi connectivity index (χ2v) is 7.88. The fraction of sp³-hybridized carbons (Fsp3) is 0.917. The summed E-state index contributed by atoms with van der Waals surface area (Å²) in [6, 6.07) is 0.0200. The third kappa shape index (κ3) is 3.46. The van der Waals surface area contributed by atoms with Crippen LogP contribution >= 0.6 is 0 Å². The number of carbonyl (C=O) groups excluding carboxylic acids is 1. The number of rotatable bonds is 4. The summed E-state index contributed by atoms with van der Waals surface area (Å²) in [6.07, 6.45) is 0.487. The van der Waals surface area contributed by atoms with Crippen LogP contribution in [0.2, 0.25) is 0 Å². The second-order valence-electron chi connectivity index (χ2n) is 5.70. The summed E-state index contributed by atoms with van der Waals surface area (Å²) in [5, 5.41) is 6.13. The standard InChI is InChI=1S/C12H22N2O4S/c1-3-13-10-7-18-6-9(10)11(15)14-12(2)4-5-19(16,17)8-12/h9-10,13H,3-8H2,1-2H3,(H,14,15). The zero-order valence-corrected chi connectivity index (χ0v) is 12.3. The van der Waals surface area contributed by atoms with Crippen LogP contribution in [-0.4, -0.2) is 57.2 Å². The maximum absolute atomic E-state index is 12.3. The summed E-state index contributed by atoms with van der Waals surface area (Å²) in [5.74, 6) is -0.157. The quantitative estimate of drug-likeness (QED) is 0.715. The minimum absolute atomic E-state index is 0.0200. The van der Waals surface area contributed by atoms with E-state index >= 15 is 0 Å². The first-order valence-corrected chi connectivity index (χ1v) is 8.51. The van der Waals surface area contributed by atoms with Gasteiger partial charge in [0.25, 0.3) is 0 Å². The van der Waals surface area contributed by atoms with Crippen molar-refractivity contribution in [2.45, 2.75) is 31.8 Å². The van der Waals surface area contributed by atoms with Crippen LogP contribution in [0.15, 0.2) is 0 Å². The lowest BCUT2D eigenvalue weighted by Crippen LogP contribution is -2.52. The topological polar surface area (TPSA) is 84.5 Å². The molecule has 0 aliphatic carbocycles. The molecule has 2 aliphatic rings. The SMILES string of the molecule is CCNC1COCC1C(=O)NC1(C)CCS(=O)(=O)C1. The van der Waals surface area contributed by atoms with Crippen molar-refractivity contribution in [1.82, 2.24) is 10.6 Å². The van der Waals surface area contributed by atoms with Crippen LogP contribution in [0.1, 0.15) is 20.3 Å². The third-order valence-corrected chi connectivity index (χ3v) is 5.72. The molecule has 0 aromatic rings. The monoisotopic (exact) mass is 290 g/mol. The predicted octanol–water partition coefficient (Wildman–Crippen LogP) is -0.696. The first-order chi connectivity index (χ1) is 8.85. The smallest absolute Gasteiger partial charge is 0.227 e. The Morgan fingerprint density at radius 2 is 2.16 bits per heavy atom. The largest absolute Gasteiger partial charge is 0.379 e. The van der Waals surface area contributed by atoms with E-state index in [2.05, 4.69) is 10.6 Å². The number of hydrogen-bond acceptors (Lipinski definition) is 5. The van der Waals surface area contributed by atoms with E-state index in [0.29, 0.717) is 19.6 Å². The molecule has 0 aromatic carbocycles. The van der Waals surface area contributed by atoms with E-state index in [1.54, 1.807) is 6.92 Å². The van der Waals surface area contributed by atoms with Gasteiger partial charge in [-0.1, -0.05) is 6.92 Å². The summed E-state index contributed by atoms with van der Waals surface area (Å²) in [5.41, 5.74) is -0.630. The van der Waals surface area contributed by atoms with Crippen molar-refractivity contribution >= 4 is 15.7 Å². The van der Waals surface area contributed by atoms with Gasteiger partial charge in [0.15, 0.2) is 9.84 Å². The fourth-order valence-corrected chi connectivity index (χ4v) is 4.87. The van der Waals surface area contributed by atoms with Crippen LogP contribution < -0.4 is 10.6 Å². The van der Waals surface area contributed by atoms with Crippen LogP contribution in [0, 0.1) is 5.92 Å². The number of nitrogens with one attached hydrogen (secondary N) is 2. The highest BCUT2D eigenvalue weighted by Gasteiger charge is 2.42. The van der Waals surface area contributed by atoms with Gasteiger partial charge in [0.05, 0.1) is 36.2 Å². The van der Waals surface area contributed by atoms with Crippen LogP contribution in [0.5, 0.6) is 0 Å². The van der Waals surface area contributed by atoms with Crippen molar-refractivity contribution in [1.29, 1.82) is 0 Å². The highest BCUT2D eigenvalue weighted by molar-refractivity contribution is 7.91. The van der Waals surface area contributed by atoms with Crippen LogP contribution in [0.25, 0.3) is 0 Å². The van der Waals surface area contributed by atoms with E-state index in [-0.39, 0.29) is 29.4 Å². The van der Waals surface area contributed by atoms with Gasteiger partial charge in [-0.15, -0.1) is 0 Å². The molecule has 2 N–H and O–H groups in total. The Balaban J connectivity index is 1.97. The van der Waals surface area contributed by atoms with Gasteiger partial charge in [-0.2, -0.15) is 0 Å². The van der Waals surface area contributed by atoms with Gasteiger partial charge in [-0.25, -0.2) is 8.42 Å². The molecule has 3 unspecified atom stereocenters. The first kappa shape index (κ1) is 14.7. The molecule has 1 amide bonds. The Kier molecular flexibility index (Phi) is 4.17. The van der Waals surface area contributed by atoms with Crippen molar-refractivity contribution in [2.75, 3.05) is 31.3 Å². The normalized spacial score (nSPS) is 37.4. The summed E-state index contributed by atoms with van der Waals surface area (Å²) in [4.78, 5) is 12.3. The maximum atomic E-state index is 12.3. The molecule has 0 bridgehead atoms. The average Bonchev–Trinajstić information content (AvgIpc) is 2.84. The molecule has 0 aromatic heterocycles. The number of carbonyl (C=O) groups is 1. The van der Waals surface area contributed by atoms with Gasteiger partial charge in [-0.3, -0.25) is 4.79 Å². The van der Waals surface area contributed by atoms with Crippen molar-refractivity contribution in [3.8, 4) is 0 Å². The Morgan fingerprint density at radius 1 is 1.42 bits per heavy atom. The van der Waals surface area contributed by atoms with Crippen LogP contribution in [-0.2, 0) is 19.4 Å². The predicted molar refractivity (Wildman–Crippen MR) is 71.6 cm³/mol. The molecular weight excluding hydrogens is 268 g/mol. The fourth-order valence-electron chi connectivity index (χ4n) is 2.78. The Morgan fingerprint density at radius 3 is 2.74 bits per heavy atom. The highest BCUT2D eigenvalue weighted by atomic mass is 32.2. The Labute approximate surface area is 114 Å². The van der Waals surface area contributed by atoms with Gasteiger partial charge >= 0.3 is 0 Å². The molecule has 0 spiro atoms. The number of ether oxygens (including phenoxy) is 1. The van der Waals surface area contributed by atoms with Gasteiger partial charge in [0, 0.05) is 6.04 Å². The zero-order chi connectivity index (χ0) is 14.1. The molecule has 2 rings (SSSR count). The molecule has 3 atom stereocenters. The van der Waals surface area contributed by atoms with E-state index in [0.717, 1.165) is 6.54 Å². The highest BCUT2D eigenvalue weighted by Crippen LogP contribution is 2.24. The van der Waals surface area contributed by atoms with Crippen molar-refractivity contribution in [3.63, 3.8) is 0 Å². The van der Waals surface area contributed by atoms with E-state index in [4.69, 9.17) is 4.74 Å². The third-order valence-electron chi connectivity index (χ3n) is 3.81. The Bertz CT molecular complexity index is 451. The van der Waals surface area contributed by atoms with Crippen LogP contribution in [0.3, 0.4) is 0 Å². The van der Waals surface area contributed by atoms with Gasteiger partial charge < -0.3 is 15.4 Å². The van der Waals surface area contributed by atoms with E-state index < -0.39 is 15.4 Å². The van der Waals surface area contributed by atoms with Crippen molar-refractivity contribution in [2.24, 2.45) is 5.92 Å². The summed E-state index contributed by atoms with van der Waals surface area (Å²) in [7, 11) is -3.01. The number of sulfone groups is 1. The minimum atomic E-state index is -3.01. The van der Waals surface area contributed by atoms with E-state index in [1.807, 2.05) is 6.92 Å². The average molecular weight is 290 g/mol. The molecule has 2 aliphatic heterocycles. The lowest BCUT2D eigenvalue weighted by Gasteiger charge is -2.27. The summed E-state index contributed by atoms with van der Waals surface area (Å²) < 4.78 is 28.4. The summed E-state index contributed by atoms with van der Waals surface area (Å²) >= 11 is 0. The molecule has 2 saturated heterocycles. The molecule has 6 nitrogen and oxygen atoms in total. The van der Waals surface area contributed by atoms with Crippen LogP contribution in [0.4, 0.5) is 0 Å². The summed E-state index contributed by atoms with van der Waals surface area (Å²) in [6.45, 7) is 5.49. The number of amides is 1. The van der Waals surface area contributed by atoms with E-state index in [9.17, 15) is 13.2 Å². The Hall–Kier alpha value is -0.660. The zero-order valence-electron chi connectivity index (χ0n) is 11.4. The van der Waals surface area contributed by atoms with Gasteiger partial charge in [0.1, 0.15) is 0 Å². The molecule has 0 radical (unpaired) electrons. The molecular formula is C12H22N2O4S. The number of hydrogen-bond donors (Lipinski definition) is 2. The minimum Gasteiger partial charge on any atom is -0.379 e.